The third-order valence-electron chi connectivity index (χ3n) is 2.43. The Kier molecular flexibility index (Phi) is 2.60. The second-order valence-corrected chi connectivity index (χ2v) is 4.01. The Morgan fingerprint density at radius 3 is 2.15 bits per heavy atom. The van der Waals surface area contributed by atoms with Crippen molar-refractivity contribution in [3.05, 3.63) is 23.4 Å². The van der Waals surface area contributed by atoms with E-state index in [0.29, 0.717) is 5.92 Å². The zero-order valence-electron chi connectivity index (χ0n) is 8.85. The SMILES string of the molecule is C=C1C(C)=C(C)C(=O)N1CC(C)C. The van der Waals surface area contributed by atoms with Gasteiger partial charge in [0.15, 0.2) is 0 Å². The van der Waals surface area contributed by atoms with Crippen LogP contribution in [-0.2, 0) is 4.79 Å². The number of hydrogen-bond donors (Lipinski definition) is 0. The van der Waals surface area contributed by atoms with E-state index >= 15 is 0 Å². The molecule has 0 aliphatic carbocycles. The highest BCUT2D eigenvalue weighted by Gasteiger charge is 2.28. The van der Waals surface area contributed by atoms with Gasteiger partial charge in [-0.2, -0.15) is 0 Å². The minimum absolute atomic E-state index is 0.121. The summed E-state index contributed by atoms with van der Waals surface area (Å²) in [4.78, 5) is 13.4. The van der Waals surface area contributed by atoms with Gasteiger partial charge in [-0.3, -0.25) is 4.79 Å². The van der Waals surface area contributed by atoms with E-state index in [2.05, 4.69) is 20.4 Å². The molecule has 72 valence electrons. The average Bonchev–Trinajstić information content (AvgIpc) is 2.22. The van der Waals surface area contributed by atoms with Crippen molar-refractivity contribution in [1.29, 1.82) is 0 Å². The van der Waals surface area contributed by atoms with Crippen LogP contribution in [0.3, 0.4) is 0 Å². The van der Waals surface area contributed by atoms with Crippen molar-refractivity contribution in [3.8, 4) is 0 Å². The largest absolute Gasteiger partial charge is 0.309 e. The molecule has 0 atom stereocenters. The third-order valence-corrected chi connectivity index (χ3v) is 2.43. The maximum absolute atomic E-state index is 11.7. The van der Waals surface area contributed by atoms with Gasteiger partial charge < -0.3 is 4.90 Å². The first-order chi connectivity index (χ1) is 5.95. The second-order valence-electron chi connectivity index (χ2n) is 4.01. The Morgan fingerprint density at radius 1 is 1.31 bits per heavy atom. The number of allylic oxidation sites excluding steroid dienone is 1. The van der Waals surface area contributed by atoms with E-state index in [9.17, 15) is 4.79 Å². The Balaban J connectivity index is 2.85. The van der Waals surface area contributed by atoms with Gasteiger partial charge in [0.1, 0.15) is 0 Å². The van der Waals surface area contributed by atoms with Gasteiger partial charge in [0.2, 0.25) is 0 Å². The molecule has 1 aliphatic heterocycles. The maximum atomic E-state index is 11.7. The lowest BCUT2D eigenvalue weighted by atomic mass is 10.2. The van der Waals surface area contributed by atoms with E-state index in [-0.39, 0.29) is 5.91 Å². The summed E-state index contributed by atoms with van der Waals surface area (Å²) in [6.45, 7) is 12.7. The average molecular weight is 179 g/mol. The van der Waals surface area contributed by atoms with Crippen LogP contribution in [-0.4, -0.2) is 17.4 Å². The van der Waals surface area contributed by atoms with Crippen molar-refractivity contribution in [1.82, 2.24) is 4.90 Å². The molecule has 0 saturated heterocycles. The number of rotatable bonds is 2. The van der Waals surface area contributed by atoms with Crippen LogP contribution in [0.25, 0.3) is 0 Å². The van der Waals surface area contributed by atoms with Crippen LogP contribution in [0.5, 0.6) is 0 Å². The van der Waals surface area contributed by atoms with E-state index in [4.69, 9.17) is 0 Å². The normalized spacial score (nSPS) is 18.1. The molecule has 2 nitrogen and oxygen atoms in total. The number of carbonyl (C=O) groups is 1. The summed E-state index contributed by atoms with van der Waals surface area (Å²) in [5.74, 6) is 0.607. The highest BCUT2D eigenvalue weighted by molar-refractivity contribution is 5.99. The highest BCUT2D eigenvalue weighted by Crippen LogP contribution is 2.27. The fraction of sp³-hybridized carbons (Fsp3) is 0.545. The molecule has 0 bridgehead atoms. The van der Waals surface area contributed by atoms with Crippen molar-refractivity contribution in [2.45, 2.75) is 27.7 Å². The van der Waals surface area contributed by atoms with Crippen LogP contribution in [0.1, 0.15) is 27.7 Å². The fourth-order valence-electron chi connectivity index (χ4n) is 1.46. The van der Waals surface area contributed by atoms with Crippen molar-refractivity contribution in [2.75, 3.05) is 6.54 Å². The van der Waals surface area contributed by atoms with Gasteiger partial charge in [-0.25, -0.2) is 0 Å². The third kappa shape index (κ3) is 1.67. The lowest BCUT2D eigenvalue weighted by Crippen LogP contribution is -2.28. The van der Waals surface area contributed by atoms with E-state index in [1.165, 1.54) is 0 Å². The molecule has 0 fully saturated rings. The number of amides is 1. The summed E-state index contributed by atoms with van der Waals surface area (Å²) >= 11 is 0. The smallest absolute Gasteiger partial charge is 0.254 e. The summed E-state index contributed by atoms with van der Waals surface area (Å²) in [6.07, 6.45) is 0. The molecule has 1 heterocycles. The summed E-state index contributed by atoms with van der Waals surface area (Å²) < 4.78 is 0. The Bertz CT molecular complexity index is 262. The van der Waals surface area contributed by atoms with E-state index < -0.39 is 0 Å². The van der Waals surface area contributed by atoms with Gasteiger partial charge in [0.25, 0.3) is 5.91 Å². The molecule has 0 aromatic carbocycles. The molecule has 13 heavy (non-hydrogen) atoms. The van der Waals surface area contributed by atoms with E-state index in [1.807, 2.05) is 13.8 Å². The zero-order chi connectivity index (χ0) is 10.2. The predicted molar refractivity (Wildman–Crippen MR) is 54.1 cm³/mol. The lowest BCUT2D eigenvalue weighted by Gasteiger charge is -2.20. The first-order valence-corrected chi connectivity index (χ1v) is 4.63. The molecule has 1 amide bonds. The minimum atomic E-state index is 0.121. The summed E-state index contributed by atoms with van der Waals surface area (Å²) in [7, 11) is 0. The van der Waals surface area contributed by atoms with Gasteiger partial charge in [-0.1, -0.05) is 20.4 Å². The fourth-order valence-corrected chi connectivity index (χ4v) is 1.46. The highest BCUT2D eigenvalue weighted by atomic mass is 16.2. The quantitative estimate of drug-likeness (QED) is 0.637. The monoisotopic (exact) mass is 179 g/mol. The summed E-state index contributed by atoms with van der Waals surface area (Å²) in [5.41, 5.74) is 2.74. The van der Waals surface area contributed by atoms with Gasteiger partial charge in [-0.05, 0) is 25.3 Å². The summed E-state index contributed by atoms with van der Waals surface area (Å²) in [5, 5.41) is 0. The van der Waals surface area contributed by atoms with Gasteiger partial charge in [-0.15, -0.1) is 0 Å². The van der Waals surface area contributed by atoms with Crippen molar-refractivity contribution in [3.63, 3.8) is 0 Å². The Morgan fingerprint density at radius 2 is 1.85 bits per heavy atom. The van der Waals surface area contributed by atoms with Crippen molar-refractivity contribution >= 4 is 5.91 Å². The van der Waals surface area contributed by atoms with Crippen LogP contribution in [0.2, 0.25) is 0 Å². The maximum Gasteiger partial charge on any atom is 0.254 e. The first kappa shape index (κ1) is 10.0. The lowest BCUT2D eigenvalue weighted by molar-refractivity contribution is -0.124. The van der Waals surface area contributed by atoms with Gasteiger partial charge in [0, 0.05) is 17.8 Å². The molecule has 0 aromatic heterocycles. The van der Waals surface area contributed by atoms with Crippen LogP contribution < -0.4 is 0 Å². The van der Waals surface area contributed by atoms with Gasteiger partial charge in [0.05, 0.1) is 0 Å². The molecule has 0 spiro atoms. The molecule has 0 saturated carbocycles. The molecule has 1 rings (SSSR count). The zero-order valence-corrected chi connectivity index (χ0v) is 8.85. The van der Waals surface area contributed by atoms with Crippen LogP contribution in [0, 0.1) is 5.92 Å². The Labute approximate surface area is 79.9 Å². The number of carbonyl (C=O) groups excluding carboxylic acids is 1. The van der Waals surface area contributed by atoms with Crippen molar-refractivity contribution in [2.24, 2.45) is 5.92 Å². The predicted octanol–water partition coefficient (Wildman–Crippen LogP) is 2.33. The molecule has 1 aliphatic rings. The first-order valence-electron chi connectivity index (χ1n) is 4.63. The summed E-state index contributed by atoms with van der Waals surface area (Å²) in [6, 6.07) is 0. The Hall–Kier alpha value is -1.05. The van der Waals surface area contributed by atoms with Gasteiger partial charge >= 0.3 is 0 Å². The molecule has 2 heteroatoms. The van der Waals surface area contributed by atoms with E-state index in [0.717, 1.165) is 23.4 Å². The molecular formula is C11H17NO. The van der Waals surface area contributed by atoms with Crippen LogP contribution in [0.4, 0.5) is 0 Å². The van der Waals surface area contributed by atoms with E-state index in [1.54, 1.807) is 4.90 Å². The van der Waals surface area contributed by atoms with Crippen molar-refractivity contribution < 1.29 is 4.79 Å². The minimum Gasteiger partial charge on any atom is -0.309 e. The molecule has 0 N–H and O–H groups in total. The topological polar surface area (TPSA) is 20.3 Å². The molecule has 0 aromatic rings. The van der Waals surface area contributed by atoms with Crippen LogP contribution >= 0.6 is 0 Å². The number of nitrogens with zero attached hydrogens (tertiary/aromatic N) is 1. The van der Waals surface area contributed by atoms with Crippen LogP contribution in [0.15, 0.2) is 23.4 Å². The molecule has 0 radical (unpaired) electrons. The number of hydrogen-bond acceptors (Lipinski definition) is 1. The molecular weight excluding hydrogens is 162 g/mol. The second kappa shape index (κ2) is 3.36. The standard InChI is InChI=1S/C11H17NO/c1-7(2)6-12-10(5)8(3)9(4)11(12)13/h7H,5-6H2,1-4H3. The molecule has 0 unspecified atom stereocenters.